The first-order valence-corrected chi connectivity index (χ1v) is 10.4. The molecule has 0 bridgehead atoms. The minimum absolute atomic E-state index is 0.0238. The number of benzene rings is 2. The van der Waals surface area contributed by atoms with Gasteiger partial charge in [0.1, 0.15) is 11.8 Å². The normalized spacial score (nSPS) is 11.4. The van der Waals surface area contributed by atoms with Gasteiger partial charge in [0.05, 0.1) is 12.8 Å². The molecule has 0 aliphatic rings. The summed E-state index contributed by atoms with van der Waals surface area (Å²) in [4.78, 5) is 26.9. The van der Waals surface area contributed by atoms with Crippen LogP contribution in [0.4, 0.5) is 16.2 Å². The lowest BCUT2D eigenvalue weighted by atomic mass is 10.0. The fraction of sp³-hybridized carbons (Fsp3) is 0.250. The fourth-order valence-electron chi connectivity index (χ4n) is 3.22. The van der Waals surface area contributed by atoms with Crippen LogP contribution in [0.1, 0.15) is 31.2 Å². The predicted molar refractivity (Wildman–Crippen MR) is 122 cm³/mol. The van der Waals surface area contributed by atoms with Crippen LogP contribution < -0.4 is 16.0 Å². The topological polar surface area (TPSA) is 86.6 Å². The summed E-state index contributed by atoms with van der Waals surface area (Å²) in [6, 6.07) is 19.7. The molecule has 0 radical (unpaired) electrons. The standard InChI is InChI=1S/C24H28N4O3/c1-3-28(4-2)23(29)22(18-9-6-5-7-10-18)26-19-12-14-20(15-13-19)27-24(30)25-17-21-11-8-16-31-21/h5-16,22,26H,3-4,17H2,1-2H3,(H2,25,27,30). The minimum Gasteiger partial charge on any atom is -0.467 e. The summed E-state index contributed by atoms with van der Waals surface area (Å²) < 4.78 is 5.19. The van der Waals surface area contributed by atoms with Gasteiger partial charge in [0, 0.05) is 24.5 Å². The second kappa shape index (κ2) is 10.9. The molecule has 3 N–H and O–H groups in total. The number of carbonyl (C=O) groups excluding carboxylic acids is 2. The maximum atomic E-state index is 13.1. The van der Waals surface area contributed by atoms with E-state index in [1.807, 2.05) is 61.2 Å². The van der Waals surface area contributed by atoms with E-state index < -0.39 is 6.04 Å². The van der Waals surface area contributed by atoms with E-state index in [0.29, 0.717) is 31.1 Å². The monoisotopic (exact) mass is 420 g/mol. The van der Waals surface area contributed by atoms with Gasteiger partial charge in [0.25, 0.3) is 0 Å². The van der Waals surface area contributed by atoms with Crippen LogP contribution in [0.3, 0.4) is 0 Å². The highest BCUT2D eigenvalue weighted by molar-refractivity contribution is 5.89. The molecule has 1 aromatic heterocycles. The zero-order valence-electron chi connectivity index (χ0n) is 17.8. The van der Waals surface area contributed by atoms with Gasteiger partial charge in [0.2, 0.25) is 5.91 Å². The highest BCUT2D eigenvalue weighted by atomic mass is 16.3. The third kappa shape index (κ3) is 6.12. The van der Waals surface area contributed by atoms with E-state index in [1.165, 1.54) is 0 Å². The molecule has 3 rings (SSSR count). The number of nitrogens with zero attached hydrogens (tertiary/aromatic N) is 1. The molecule has 0 aliphatic heterocycles. The molecule has 1 atom stereocenters. The molecule has 1 heterocycles. The minimum atomic E-state index is -0.489. The highest BCUT2D eigenvalue weighted by Gasteiger charge is 2.24. The van der Waals surface area contributed by atoms with Crippen LogP contribution >= 0.6 is 0 Å². The van der Waals surface area contributed by atoms with Crippen molar-refractivity contribution in [2.45, 2.75) is 26.4 Å². The molecule has 162 valence electrons. The number of urea groups is 1. The highest BCUT2D eigenvalue weighted by Crippen LogP contribution is 2.23. The van der Waals surface area contributed by atoms with Gasteiger partial charge in [-0.05, 0) is 55.8 Å². The summed E-state index contributed by atoms with van der Waals surface area (Å²) in [6.45, 7) is 5.55. The smallest absolute Gasteiger partial charge is 0.319 e. The summed E-state index contributed by atoms with van der Waals surface area (Å²) in [6.07, 6.45) is 1.56. The summed E-state index contributed by atoms with van der Waals surface area (Å²) in [7, 11) is 0. The summed E-state index contributed by atoms with van der Waals surface area (Å²) in [5, 5.41) is 8.85. The molecule has 0 aliphatic carbocycles. The third-order valence-electron chi connectivity index (χ3n) is 4.91. The number of carbonyl (C=O) groups is 2. The molecule has 7 nitrogen and oxygen atoms in total. The first-order valence-electron chi connectivity index (χ1n) is 10.4. The summed E-state index contributed by atoms with van der Waals surface area (Å²) in [5.41, 5.74) is 2.34. The van der Waals surface area contributed by atoms with Gasteiger partial charge in [0.15, 0.2) is 0 Å². The van der Waals surface area contributed by atoms with Crippen LogP contribution in [0.15, 0.2) is 77.4 Å². The molecule has 2 aromatic carbocycles. The maximum Gasteiger partial charge on any atom is 0.319 e. The molecule has 0 fully saturated rings. The van der Waals surface area contributed by atoms with Crippen molar-refractivity contribution in [2.75, 3.05) is 23.7 Å². The second-order valence-corrected chi connectivity index (χ2v) is 6.96. The van der Waals surface area contributed by atoms with E-state index >= 15 is 0 Å². The fourth-order valence-corrected chi connectivity index (χ4v) is 3.22. The first-order chi connectivity index (χ1) is 15.1. The average molecular weight is 421 g/mol. The number of hydrogen-bond donors (Lipinski definition) is 3. The Balaban J connectivity index is 1.65. The Hall–Kier alpha value is -3.74. The Bertz CT molecular complexity index is 952. The number of hydrogen-bond acceptors (Lipinski definition) is 4. The van der Waals surface area contributed by atoms with Gasteiger partial charge in [-0.1, -0.05) is 30.3 Å². The zero-order valence-corrected chi connectivity index (χ0v) is 17.8. The number of amides is 3. The molecule has 31 heavy (non-hydrogen) atoms. The van der Waals surface area contributed by atoms with Crippen molar-refractivity contribution in [3.63, 3.8) is 0 Å². The van der Waals surface area contributed by atoms with Gasteiger partial charge in [-0.2, -0.15) is 0 Å². The van der Waals surface area contributed by atoms with Crippen LogP contribution in [-0.2, 0) is 11.3 Å². The van der Waals surface area contributed by atoms with Gasteiger partial charge in [-0.15, -0.1) is 0 Å². The van der Waals surface area contributed by atoms with Crippen LogP contribution in [0.25, 0.3) is 0 Å². The lowest BCUT2D eigenvalue weighted by Gasteiger charge is -2.27. The molecule has 0 spiro atoms. The maximum absolute atomic E-state index is 13.1. The molecular formula is C24H28N4O3. The van der Waals surface area contributed by atoms with E-state index in [-0.39, 0.29) is 11.9 Å². The number of rotatable bonds is 9. The Morgan fingerprint density at radius 2 is 1.58 bits per heavy atom. The largest absolute Gasteiger partial charge is 0.467 e. The van der Waals surface area contributed by atoms with Crippen molar-refractivity contribution in [2.24, 2.45) is 0 Å². The number of nitrogens with one attached hydrogen (secondary N) is 3. The average Bonchev–Trinajstić information content (AvgIpc) is 3.32. The Morgan fingerprint density at radius 1 is 0.903 bits per heavy atom. The quantitative estimate of drug-likeness (QED) is 0.471. The van der Waals surface area contributed by atoms with Crippen molar-refractivity contribution in [3.8, 4) is 0 Å². The van der Waals surface area contributed by atoms with Crippen LogP contribution in [0.2, 0.25) is 0 Å². The Kier molecular flexibility index (Phi) is 7.70. The number of furan rings is 1. The molecule has 0 saturated heterocycles. The van der Waals surface area contributed by atoms with Crippen molar-refractivity contribution < 1.29 is 14.0 Å². The van der Waals surface area contributed by atoms with Gasteiger partial charge in [-0.25, -0.2) is 4.79 Å². The van der Waals surface area contributed by atoms with Gasteiger partial charge < -0.3 is 25.3 Å². The molecule has 3 aromatic rings. The second-order valence-electron chi connectivity index (χ2n) is 6.96. The predicted octanol–water partition coefficient (Wildman–Crippen LogP) is 4.62. The molecule has 3 amide bonds. The van der Waals surface area contributed by atoms with Crippen LogP contribution in [-0.4, -0.2) is 29.9 Å². The van der Waals surface area contributed by atoms with Crippen LogP contribution in [0, 0.1) is 0 Å². The van der Waals surface area contributed by atoms with Gasteiger partial charge in [-0.3, -0.25) is 4.79 Å². The van der Waals surface area contributed by atoms with E-state index in [9.17, 15) is 9.59 Å². The van der Waals surface area contributed by atoms with Crippen LogP contribution in [0.5, 0.6) is 0 Å². The van der Waals surface area contributed by atoms with E-state index in [4.69, 9.17) is 4.42 Å². The first kappa shape index (κ1) is 22.0. The van der Waals surface area contributed by atoms with Crippen molar-refractivity contribution >= 4 is 23.3 Å². The number of likely N-dealkylation sites (N-methyl/N-ethyl adjacent to an activating group) is 1. The van der Waals surface area contributed by atoms with Crippen molar-refractivity contribution in [1.82, 2.24) is 10.2 Å². The SMILES string of the molecule is CCN(CC)C(=O)C(Nc1ccc(NC(=O)NCc2ccco2)cc1)c1ccccc1. The molecular weight excluding hydrogens is 392 g/mol. The lowest BCUT2D eigenvalue weighted by molar-refractivity contribution is -0.131. The molecule has 1 unspecified atom stereocenters. The lowest BCUT2D eigenvalue weighted by Crippen LogP contribution is -2.37. The van der Waals surface area contributed by atoms with Gasteiger partial charge >= 0.3 is 6.03 Å². The Morgan fingerprint density at radius 3 is 2.19 bits per heavy atom. The zero-order chi connectivity index (χ0) is 22.1. The molecule has 0 saturated carbocycles. The van der Waals surface area contributed by atoms with Crippen molar-refractivity contribution in [1.29, 1.82) is 0 Å². The van der Waals surface area contributed by atoms with Crippen molar-refractivity contribution in [3.05, 3.63) is 84.3 Å². The number of anilines is 2. The van der Waals surface area contributed by atoms with E-state index in [0.717, 1.165) is 11.3 Å². The summed E-state index contributed by atoms with van der Waals surface area (Å²) in [5.74, 6) is 0.704. The summed E-state index contributed by atoms with van der Waals surface area (Å²) >= 11 is 0. The third-order valence-corrected chi connectivity index (χ3v) is 4.91. The Labute approximate surface area is 182 Å². The molecule has 7 heteroatoms. The van der Waals surface area contributed by atoms with E-state index in [1.54, 1.807) is 30.5 Å². The van der Waals surface area contributed by atoms with E-state index in [2.05, 4.69) is 16.0 Å².